The van der Waals surface area contributed by atoms with Crippen LogP contribution in [-0.4, -0.2) is 17.9 Å². The third-order valence-electron chi connectivity index (χ3n) is 5.57. The summed E-state index contributed by atoms with van der Waals surface area (Å²) in [6.45, 7) is 0.316. The molecule has 0 unspecified atom stereocenters. The van der Waals surface area contributed by atoms with Crippen molar-refractivity contribution < 1.29 is 13.9 Å². The number of nitrogens with zero attached hydrogens (tertiary/aromatic N) is 1. The van der Waals surface area contributed by atoms with E-state index in [9.17, 15) is 9.59 Å². The Morgan fingerprint density at radius 3 is 2.39 bits per heavy atom. The number of benzene rings is 3. The van der Waals surface area contributed by atoms with E-state index < -0.39 is 6.04 Å². The van der Waals surface area contributed by atoms with Crippen molar-refractivity contribution in [2.75, 3.05) is 7.11 Å². The lowest BCUT2D eigenvalue weighted by Gasteiger charge is -2.25. The Balaban J connectivity index is 1.67. The molecule has 1 aliphatic rings. The van der Waals surface area contributed by atoms with Gasteiger partial charge in [0.1, 0.15) is 11.3 Å². The molecule has 0 saturated carbocycles. The number of hydrogen-bond donors (Lipinski definition) is 0. The van der Waals surface area contributed by atoms with Gasteiger partial charge in [-0.15, -0.1) is 0 Å². The van der Waals surface area contributed by atoms with Gasteiger partial charge in [0.05, 0.1) is 24.1 Å². The maximum Gasteiger partial charge on any atom is 0.291 e. The highest BCUT2D eigenvalue weighted by atomic mass is 35.5. The zero-order valence-electron chi connectivity index (χ0n) is 16.7. The zero-order chi connectivity index (χ0) is 21.5. The molecule has 6 heteroatoms. The Morgan fingerprint density at radius 1 is 0.968 bits per heavy atom. The van der Waals surface area contributed by atoms with Gasteiger partial charge in [-0.1, -0.05) is 48.0 Å². The molecule has 3 aromatic carbocycles. The summed E-state index contributed by atoms with van der Waals surface area (Å²) in [4.78, 5) is 28.5. The molecule has 1 aliphatic heterocycles. The molecule has 0 saturated heterocycles. The van der Waals surface area contributed by atoms with E-state index in [1.54, 1.807) is 48.4 Å². The van der Waals surface area contributed by atoms with Gasteiger partial charge >= 0.3 is 0 Å². The first-order valence-electron chi connectivity index (χ1n) is 9.82. The van der Waals surface area contributed by atoms with Gasteiger partial charge in [0.15, 0.2) is 5.43 Å². The van der Waals surface area contributed by atoms with Gasteiger partial charge in [0.25, 0.3) is 5.91 Å². The number of ether oxygens (including phenoxy) is 1. The van der Waals surface area contributed by atoms with Crippen molar-refractivity contribution in [3.05, 3.63) is 110 Å². The lowest BCUT2D eigenvalue weighted by Crippen LogP contribution is -2.29. The summed E-state index contributed by atoms with van der Waals surface area (Å²) in [5.74, 6) is 0.517. The molecule has 2 heterocycles. The van der Waals surface area contributed by atoms with Crippen LogP contribution in [0.1, 0.15) is 33.3 Å². The molecule has 0 spiro atoms. The number of carbonyl (C=O) groups is 1. The smallest absolute Gasteiger partial charge is 0.291 e. The van der Waals surface area contributed by atoms with Crippen molar-refractivity contribution in [3.63, 3.8) is 0 Å². The standard InChI is InChI=1S/C25H18ClNO4/c1-30-18-12-6-15(7-13-18)14-27-22(16-8-10-17(26)11-9-16)21-23(28)19-4-2-3-5-20(19)31-24(21)25(27)29/h2-13,22H,14H2,1H3/t22-/m0/s1. The number of amides is 1. The number of methoxy groups -OCH3 is 1. The van der Waals surface area contributed by atoms with E-state index in [-0.39, 0.29) is 17.1 Å². The van der Waals surface area contributed by atoms with Crippen molar-refractivity contribution in [2.45, 2.75) is 12.6 Å². The first kappa shape index (κ1) is 19.4. The maximum absolute atomic E-state index is 13.4. The van der Waals surface area contributed by atoms with E-state index in [0.29, 0.717) is 28.1 Å². The fraction of sp³-hybridized carbons (Fsp3) is 0.120. The Kier molecular flexibility index (Phi) is 4.75. The van der Waals surface area contributed by atoms with E-state index in [1.165, 1.54) is 0 Å². The van der Waals surface area contributed by atoms with Crippen LogP contribution >= 0.6 is 11.6 Å². The molecule has 1 aromatic heterocycles. The summed E-state index contributed by atoms with van der Waals surface area (Å²) in [6, 6.07) is 21.1. The van der Waals surface area contributed by atoms with E-state index in [0.717, 1.165) is 16.9 Å². The highest BCUT2D eigenvalue weighted by Gasteiger charge is 2.42. The van der Waals surface area contributed by atoms with Crippen LogP contribution in [0.25, 0.3) is 11.0 Å². The molecule has 5 rings (SSSR count). The summed E-state index contributed by atoms with van der Waals surface area (Å²) in [5.41, 5.74) is 2.29. The topological polar surface area (TPSA) is 59.8 Å². The van der Waals surface area contributed by atoms with Gasteiger partial charge in [0.2, 0.25) is 5.76 Å². The highest BCUT2D eigenvalue weighted by molar-refractivity contribution is 6.30. The number of hydrogen-bond acceptors (Lipinski definition) is 4. The van der Waals surface area contributed by atoms with Crippen molar-refractivity contribution >= 4 is 28.5 Å². The molecular formula is C25H18ClNO4. The molecule has 0 N–H and O–H groups in total. The summed E-state index contributed by atoms with van der Waals surface area (Å²) in [5, 5.41) is 1.04. The van der Waals surface area contributed by atoms with Crippen LogP contribution in [0.3, 0.4) is 0 Å². The summed E-state index contributed by atoms with van der Waals surface area (Å²) < 4.78 is 11.2. The molecule has 4 aromatic rings. The second-order valence-electron chi connectivity index (χ2n) is 7.41. The number of halogens is 1. The first-order valence-corrected chi connectivity index (χ1v) is 10.2. The Morgan fingerprint density at radius 2 is 1.68 bits per heavy atom. The lowest BCUT2D eigenvalue weighted by molar-refractivity contribution is 0.0714. The zero-order valence-corrected chi connectivity index (χ0v) is 17.4. The van der Waals surface area contributed by atoms with Crippen LogP contribution < -0.4 is 10.2 Å². The fourth-order valence-corrected chi connectivity index (χ4v) is 4.18. The van der Waals surface area contributed by atoms with Crippen LogP contribution in [0.2, 0.25) is 5.02 Å². The quantitative estimate of drug-likeness (QED) is 0.445. The van der Waals surface area contributed by atoms with E-state index in [1.807, 2.05) is 36.4 Å². The summed E-state index contributed by atoms with van der Waals surface area (Å²) >= 11 is 6.08. The van der Waals surface area contributed by atoms with Crippen LogP contribution in [0.4, 0.5) is 0 Å². The Labute approximate surface area is 183 Å². The molecule has 5 nitrogen and oxygen atoms in total. The molecule has 1 amide bonds. The molecular weight excluding hydrogens is 414 g/mol. The first-order chi connectivity index (χ1) is 15.1. The van der Waals surface area contributed by atoms with Crippen molar-refractivity contribution in [1.29, 1.82) is 0 Å². The van der Waals surface area contributed by atoms with Crippen LogP contribution in [0, 0.1) is 0 Å². The van der Waals surface area contributed by atoms with Crippen LogP contribution in [0.15, 0.2) is 82.0 Å². The molecule has 0 radical (unpaired) electrons. The van der Waals surface area contributed by atoms with Gasteiger partial charge in [0, 0.05) is 11.6 Å². The Bertz CT molecular complexity index is 1340. The van der Waals surface area contributed by atoms with Gasteiger partial charge in [-0.25, -0.2) is 0 Å². The predicted molar refractivity (Wildman–Crippen MR) is 119 cm³/mol. The van der Waals surface area contributed by atoms with Crippen LogP contribution in [-0.2, 0) is 6.54 Å². The number of para-hydroxylation sites is 1. The fourth-order valence-electron chi connectivity index (χ4n) is 4.05. The van der Waals surface area contributed by atoms with Crippen LogP contribution in [0.5, 0.6) is 5.75 Å². The van der Waals surface area contributed by atoms with Gasteiger partial charge < -0.3 is 14.1 Å². The van der Waals surface area contributed by atoms with Gasteiger partial charge in [-0.05, 0) is 47.5 Å². The highest BCUT2D eigenvalue weighted by Crippen LogP contribution is 2.39. The van der Waals surface area contributed by atoms with Crippen molar-refractivity contribution in [1.82, 2.24) is 4.90 Å². The molecule has 0 fully saturated rings. The van der Waals surface area contributed by atoms with E-state index >= 15 is 0 Å². The van der Waals surface area contributed by atoms with Gasteiger partial charge in [-0.2, -0.15) is 0 Å². The van der Waals surface area contributed by atoms with E-state index in [4.69, 9.17) is 20.8 Å². The number of fused-ring (bicyclic) bond motifs is 2. The summed E-state index contributed by atoms with van der Waals surface area (Å²) in [7, 11) is 1.61. The maximum atomic E-state index is 13.4. The minimum Gasteiger partial charge on any atom is -0.497 e. The molecule has 1 atom stereocenters. The molecule has 154 valence electrons. The van der Waals surface area contributed by atoms with Crippen molar-refractivity contribution in [3.8, 4) is 5.75 Å². The average molecular weight is 432 g/mol. The third kappa shape index (κ3) is 3.27. The number of rotatable bonds is 4. The lowest BCUT2D eigenvalue weighted by atomic mass is 9.98. The third-order valence-corrected chi connectivity index (χ3v) is 5.82. The molecule has 0 bridgehead atoms. The van der Waals surface area contributed by atoms with Gasteiger partial charge in [-0.3, -0.25) is 9.59 Å². The second-order valence-corrected chi connectivity index (χ2v) is 7.84. The average Bonchev–Trinajstić information content (AvgIpc) is 3.07. The van der Waals surface area contributed by atoms with Crippen molar-refractivity contribution in [2.24, 2.45) is 0 Å². The minimum atomic E-state index is -0.567. The monoisotopic (exact) mass is 431 g/mol. The second kappa shape index (κ2) is 7.60. The van der Waals surface area contributed by atoms with E-state index in [2.05, 4.69) is 0 Å². The Hall–Kier alpha value is -3.57. The summed E-state index contributed by atoms with van der Waals surface area (Å²) in [6.07, 6.45) is 0. The normalized spacial score (nSPS) is 15.4. The SMILES string of the molecule is COc1ccc(CN2C(=O)c3oc4ccccc4c(=O)c3[C@@H]2c2ccc(Cl)cc2)cc1. The molecule has 31 heavy (non-hydrogen) atoms. The number of carbonyl (C=O) groups excluding carboxylic acids is 1. The molecule has 0 aliphatic carbocycles. The predicted octanol–water partition coefficient (Wildman–Crippen LogP) is 5.20. The minimum absolute atomic E-state index is 0.0946. The largest absolute Gasteiger partial charge is 0.497 e.